The topological polar surface area (TPSA) is 9.23 Å². The fourth-order valence-electron chi connectivity index (χ4n) is 0.728. The average Bonchev–Trinajstić information content (AvgIpc) is 2.23. The molecule has 0 amide bonds. The van der Waals surface area contributed by atoms with Crippen molar-refractivity contribution in [2.45, 2.75) is 6.42 Å². The van der Waals surface area contributed by atoms with E-state index in [1.165, 1.54) is 16.3 Å². The van der Waals surface area contributed by atoms with E-state index in [0.29, 0.717) is 6.61 Å². The first-order valence-electron chi connectivity index (χ1n) is 3.90. The number of hydrogen-bond acceptors (Lipinski definition) is 1. The minimum absolute atomic E-state index is 0.702. The van der Waals surface area contributed by atoms with E-state index in [9.17, 15) is 0 Å². The molecule has 1 rings (SSSR count). The van der Waals surface area contributed by atoms with Crippen molar-refractivity contribution in [3.05, 3.63) is 43.0 Å². The minimum atomic E-state index is 0.702. The van der Waals surface area contributed by atoms with Crippen LogP contribution in [0, 0.1) is 6.07 Å². The second-order valence-electron chi connectivity index (χ2n) is 2.16. The molecule has 0 saturated carbocycles. The zero-order valence-electron chi connectivity index (χ0n) is 7.50. The van der Waals surface area contributed by atoms with Gasteiger partial charge in [-0.1, -0.05) is 6.08 Å². The molecule has 0 aliphatic carbocycles. The molecule has 0 fully saturated rings. The zero-order chi connectivity index (χ0) is 9.94. The third-order valence-electron chi connectivity index (χ3n) is 1.28. The third kappa shape index (κ3) is 6.98. The summed E-state index contributed by atoms with van der Waals surface area (Å²) in [5.74, 6) is 0.894. The van der Waals surface area contributed by atoms with E-state index in [-0.39, 0.29) is 0 Å². The van der Waals surface area contributed by atoms with Crippen molar-refractivity contribution in [3.63, 3.8) is 0 Å². The molecule has 0 radical (unpaired) electrons. The van der Waals surface area contributed by atoms with Crippen LogP contribution in [0.1, 0.15) is 6.42 Å². The van der Waals surface area contributed by atoms with Gasteiger partial charge in [-0.3, -0.25) is 0 Å². The summed E-state index contributed by atoms with van der Waals surface area (Å²) in [6.07, 6.45) is 2.73. The summed E-state index contributed by atoms with van der Waals surface area (Å²) in [4.78, 5) is 0. The summed E-state index contributed by atoms with van der Waals surface area (Å²) >= 11 is 4.25. The summed E-state index contributed by atoms with van der Waals surface area (Å²) < 4.78 is 5.36. The first-order valence-corrected chi connectivity index (χ1v) is 10.8. The molecule has 0 N–H and O–H groups in total. The second kappa shape index (κ2) is 9.95. The third-order valence-corrected chi connectivity index (χ3v) is 1.28. The van der Waals surface area contributed by atoms with Crippen LogP contribution < -0.4 is 4.74 Å². The Morgan fingerprint density at radius 1 is 1.46 bits per heavy atom. The zero-order valence-corrected chi connectivity index (χ0v) is 12.1. The molecule has 0 heterocycles. The Morgan fingerprint density at radius 2 is 2.08 bits per heavy atom. The van der Waals surface area contributed by atoms with Gasteiger partial charge in [0.25, 0.3) is 0 Å². The fourth-order valence-corrected chi connectivity index (χ4v) is 0.728. The number of rotatable bonds is 4. The van der Waals surface area contributed by atoms with Crippen LogP contribution in [-0.4, -0.2) is 6.61 Å². The van der Waals surface area contributed by atoms with Crippen LogP contribution in [0.15, 0.2) is 36.9 Å². The molecule has 0 bridgehead atoms. The Kier molecular flexibility index (Phi) is 9.84. The van der Waals surface area contributed by atoms with Crippen molar-refractivity contribution in [3.8, 4) is 5.75 Å². The molecule has 0 aromatic heterocycles. The van der Waals surface area contributed by atoms with E-state index >= 15 is 0 Å². The number of hydrogen-bond donors (Lipinski definition) is 0. The van der Waals surface area contributed by atoms with Gasteiger partial charge in [0, 0.05) is 5.75 Å². The molecule has 13 heavy (non-hydrogen) atoms. The van der Waals surface area contributed by atoms with E-state index in [1.807, 2.05) is 30.3 Å². The summed E-state index contributed by atoms with van der Waals surface area (Å²) in [5.41, 5.74) is 0. The molecule has 0 saturated heterocycles. The standard InChI is InChI=1S/C10H11O.BrH.Zn/c1-2-3-9-11-10-7-5-4-6-8-10;;/h2,5-8H,1,3,9H2;1H;/q-1;;+2/p-1. The summed E-state index contributed by atoms with van der Waals surface area (Å²) in [7, 11) is 0. The van der Waals surface area contributed by atoms with E-state index in [1.54, 1.807) is 0 Å². The summed E-state index contributed by atoms with van der Waals surface area (Å²) in [6.45, 7) is 4.31. The Labute approximate surface area is 96.2 Å². The first kappa shape index (κ1) is 12.9. The molecule has 66 valence electrons. The summed E-state index contributed by atoms with van der Waals surface area (Å²) in [5, 5.41) is 0. The van der Waals surface area contributed by atoms with Crippen molar-refractivity contribution in [2.24, 2.45) is 0 Å². The number of benzene rings is 1. The quantitative estimate of drug-likeness (QED) is 0.358. The maximum atomic E-state index is 5.36. The Hall–Kier alpha value is -0.137. The maximum absolute atomic E-state index is 5.36. The van der Waals surface area contributed by atoms with Gasteiger partial charge in [-0.2, -0.15) is 18.2 Å². The van der Waals surface area contributed by atoms with E-state index in [2.05, 4.69) is 26.3 Å². The van der Waals surface area contributed by atoms with E-state index in [0.717, 1.165) is 12.2 Å². The van der Waals surface area contributed by atoms with Gasteiger partial charge < -0.3 is 4.74 Å². The van der Waals surface area contributed by atoms with E-state index < -0.39 is 0 Å². The van der Waals surface area contributed by atoms with Crippen molar-refractivity contribution in [1.29, 1.82) is 0 Å². The van der Waals surface area contributed by atoms with Gasteiger partial charge in [0.1, 0.15) is 0 Å². The van der Waals surface area contributed by atoms with Crippen LogP contribution in [0.25, 0.3) is 0 Å². The van der Waals surface area contributed by atoms with Gasteiger partial charge in [0.15, 0.2) is 0 Å². The van der Waals surface area contributed by atoms with Crippen LogP contribution in [0.3, 0.4) is 0 Å². The monoisotopic (exact) mass is 290 g/mol. The number of ether oxygens (including phenoxy) is 1. The Morgan fingerprint density at radius 3 is 2.62 bits per heavy atom. The molecule has 0 aliphatic rings. The second-order valence-corrected chi connectivity index (χ2v) is 2.16. The Bertz CT molecular complexity index is 213. The number of halogens is 1. The molecular weight excluding hydrogens is 281 g/mol. The normalized spacial score (nSPS) is 8.23. The SMILES string of the molecule is C=CCCOc1cc[c-]cc1.[Zn+][Br]. The van der Waals surface area contributed by atoms with Crippen molar-refractivity contribution >= 4 is 13.6 Å². The molecule has 0 spiro atoms. The van der Waals surface area contributed by atoms with Gasteiger partial charge in [0.2, 0.25) is 0 Å². The van der Waals surface area contributed by atoms with Crippen LogP contribution in [0.4, 0.5) is 0 Å². The average molecular weight is 292 g/mol. The van der Waals surface area contributed by atoms with Crippen LogP contribution in [0.5, 0.6) is 5.75 Å². The molecule has 1 nitrogen and oxygen atoms in total. The predicted octanol–water partition coefficient (Wildman–Crippen LogP) is 3.28. The van der Waals surface area contributed by atoms with Gasteiger partial charge in [-0.15, -0.1) is 18.7 Å². The van der Waals surface area contributed by atoms with Crippen LogP contribution >= 0.6 is 13.6 Å². The van der Waals surface area contributed by atoms with Crippen molar-refractivity contribution in [1.82, 2.24) is 0 Å². The molecule has 0 aliphatic heterocycles. The van der Waals surface area contributed by atoms with Crippen molar-refractivity contribution < 1.29 is 21.1 Å². The predicted molar refractivity (Wildman–Crippen MR) is 54.5 cm³/mol. The van der Waals surface area contributed by atoms with Gasteiger partial charge in [-0.05, 0) is 6.42 Å². The Balaban J connectivity index is 0.000000671. The first-order chi connectivity index (χ1) is 6.43. The molecule has 1 aromatic carbocycles. The van der Waals surface area contributed by atoms with E-state index in [4.69, 9.17) is 4.74 Å². The van der Waals surface area contributed by atoms with Crippen LogP contribution in [0.2, 0.25) is 0 Å². The molecule has 0 atom stereocenters. The van der Waals surface area contributed by atoms with Crippen LogP contribution in [-0.2, 0) is 16.3 Å². The van der Waals surface area contributed by atoms with Gasteiger partial charge >= 0.3 is 30.0 Å². The summed E-state index contributed by atoms with van der Waals surface area (Å²) in [6, 6.07) is 10.4. The molecular formula is C10H11BrOZn. The fraction of sp³-hybridized carbons (Fsp3) is 0.200. The van der Waals surface area contributed by atoms with Gasteiger partial charge in [0.05, 0.1) is 6.61 Å². The molecule has 1 aromatic rings. The van der Waals surface area contributed by atoms with Crippen molar-refractivity contribution in [2.75, 3.05) is 6.61 Å². The van der Waals surface area contributed by atoms with Gasteiger partial charge in [-0.25, -0.2) is 0 Å². The molecule has 0 unspecified atom stereocenters. The molecule has 3 heteroatoms.